The Kier molecular flexibility index (Phi) is 4.67. The largest absolute Gasteiger partial charge is 0.327 e. The van der Waals surface area contributed by atoms with Crippen LogP contribution in [0.5, 0.6) is 0 Å². The van der Waals surface area contributed by atoms with E-state index in [-0.39, 0.29) is 11.8 Å². The fraction of sp³-hybridized carbons (Fsp3) is 0.591. The van der Waals surface area contributed by atoms with Gasteiger partial charge in [-0.1, -0.05) is 6.42 Å². The predicted octanol–water partition coefficient (Wildman–Crippen LogP) is 3.37. The van der Waals surface area contributed by atoms with Gasteiger partial charge < -0.3 is 15.6 Å². The first-order valence-electron chi connectivity index (χ1n) is 10.8. The number of aryl methyl sites for hydroxylation is 1. The van der Waals surface area contributed by atoms with E-state index < -0.39 is 0 Å². The summed E-state index contributed by atoms with van der Waals surface area (Å²) in [6, 6.07) is 8.33. The lowest BCUT2D eigenvalue weighted by Crippen LogP contribution is -2.48. The molecule has 28 heavy (non-hydrogen) atoms. The van der Waals surface area contributed by atoms with Crippen molar-refractivity contribution >= 4 is 11.6 Å². The highest BCUT2D eigenvalue weighted by Crippen LogP contribution is 2.42. The highest BCUT2D eigenvalue weighted by atomic mass is 16.1. The van der Waals surface area contributed by atoms with Gasteiger partial charge in [0.2, 0.25) is 5.91 Å². The van der Waals surface area contributed by atoms with Gasteiger partial charge >= 0.3 is 0 Å². The number of benzene rings is 1. The number of fused-ring (bicyclic) bond motifs is 3. The Hall–Kier alpha value is -2.21. The van der Waals surface area contributed by atoms with Gasteiger partial charge in [-0.05, 0) is 74.6 Å². The molecule has 1 aromatic carbocycles. The molecule has 1 aromatic heterocycles. The maximum absolute atomic E-state index is 12.8. The first-order chi connectivity index (χ1) is 13.7. The van der Waals surface area contributed by atoms with Crippen LogP contribution in [0.4, 0.5) is 5.69 Å². The normalized spacial score (nSPS) is 29.2. The minimum atomic E-state index is 0.0956. The molecule has 6 heteroatoms. The number of amides is 1. The smallest absolute Gasteiger partial charge is 0.227 e. The monoisotopic (exact) mass is 379 g/mol. The lowest BCUT2D eigenvalue weighted by atomic mass is 9.65. The van der Waals surface area contributed by atoms with Crippen LogP contribution in [0, 0.1) is 17.8 Å². The number of carbonyl (C=O) groups is 1. The summed E-state index contributed by atoms with van der Waals surface area (Å²) in [6.45, 7) is 0.988. The standard InChI is InChI=1S/C22H29N5O/c23-20-15-4-3-5-16(20)13-17(12-15)22(28)24-18-9-7-14(8-10-18)21-26-25-19-6-1-2-11-27(19)21/h7-10,15-17,20H,1-6,11-13,23H2,(H,24,28). The second-order valence-corrected chi connectivity index (χ2v) is 8.81. The summed E-state index contributed by atoms with van der Waals surface area (Å²) in [4.78, 5) is 12.8. The number of rotatable bonds is 3. The number of anilines is 1. The SMILES string of the molecule is NC1C2CCCC1CC(C(=O)Nc1ccc(-c3nnc4n3CCCC4)cc1)C2. The first-order valence-corrected chi connectivity index (χ1v) is 10.8. The summed E-state index contributed by atoms with van der Waals surface area (Å²) in [5.41, 5.74) is 8.27. The quantitative estimate of drug-likeness (QED) is 0.856. The van der Waals surface area contributed by atoms with Crippen LogP contribution in [0.3, 0.4) is 0 Å². The molecular formula is C22H29N5O. The Balaban J connectivity index is 1.26. The molecule has 2 atom stereocenters. The van der Waals surface area contributed by atoms with Crippen LogP contribution in [-0.4, -0.2) is 26.7 Å². The first kappa shape index (κ1) is 17.9. The van der Waals surface area contributed by atoms with Crippen molar-refractivity contribution in [3.05, 3.63) is 30.1 Å². The average molecular weight is 380 g/mol. The maximum Gasteiger partial charge on any atom is 0.227 e. The van der Waals surface area contributed by atoms with Gasteiger partial charge in [0.1, 0.15) is 5.82 Å². The van der Waals surface area contributed by atoms with Crippen molar-refractivity contribution < 1.29 is 4.79 Å². The number of nitrogens with one attached hydrogen (secondary N) is 1. The Morgan fingerprint density at radius 3 is 2.54 bits per heavy atom. The second kappa shape index (κ2) is 7.32. The van der Waals surface area contributed by atoms with Crippen molar-refractivity contribution in [1.29, 1.82) is 0 Å². The number of nitrogens with zero attached hydrogens (tertiary/aromatic N) is 3. The molecule has 2 unspecified atom stereocenters. The summed E-state index contributed by atoms with van der Waals surface area (Å²) < 4.78 is 2.22. The zero-order valence-electron chi connectivity index (χ0n) is 16.3. The van der Waals surface area contributed by atoms with Gasteiger partial charge in [-0.2, -0.15) is 0 Å². The van der Waals surface area contributed by atoms with E-state index in [9.17, 15) is 4.79 Å². The Labute approximate surface area is 165 Å². The molecule has 1 amide bonds. The summed E-state index contributed by atoms with van der Waals surface area (Å²) in [6.07, 6.45) is 8.88. The summed E-state index contributed by atoms with van der Waals surface area (Å²) in [7, 11) is 0. The molecule has 2 bridgehead atoms. The molecule has 2 fully saturated rings. The lowest BCUT2D eigenvalue weighted by molar-refractivity contribution is -0.122. The topological polar surface area (TPSA) is 85.8 Å². The number of aromatic nitrogens is 3. The Bertz CT molecular complexity index is 844. The fourth-order valence-electron chi connectivity index (χ4n) is 5.47. The minimum Gasteiger partial charge on any atom is -0.327 e. The third-order valence-electron chi connectivity index (χ3n) is 7.05. The summed E-state index contributed by atoms with van der Waals surface area (Å²) in [5.74, 6) is 3.30. The number of hydrogen-bond acceptors (Lipinski definition) is 4. The van der Waals surface area contributed by atoms with Crippen LogP contribution < -0.4 is 11.1 Å². The van der Waals surface area contributed by atoms with Crippen LogP contribution in [0.25, 0.3) is 11.4 Å². The molecule has 1 aliphatic heterocycles. The van der Waals surface area contributed by atoms with Gasteiger partial charge in [-0.15, -0.1) is 10.2 Å². The van der Waals surface area contributed by atoms with Crippen molar-refractivity contribution in [2.75, 3.05) is 5.32 Å². The van der Waals surface area contributed by atoms with Gasteiger partial charge in [-0.25, -0.2) is 0 Å². The van der Waals surface area contributed by atoms with Gasteiger partial charge in [0.05, 0.1) is 0 Å². The molecule has 2 aliphatic carbocycles. The molecule has 0 saturated heterocycles. The molecule has 6 nitrogen and oxygen atoms in total. The van der Waals surface area contributed by atoms with Gasteiger partial charge in [0, 0.05) is 36.2 Å². The molecule has 5 rings (SSSR count). The van der Waals surface area contributed by atoms with Gasteiger partial charge in [-0.3, -0.25) is 4.79 Å². The van der Waals surface area contributed by atoms with E-state index in [1.807, 2.05) is 24.3 Å². The van der Waals surface area contributed by atoms with E-state index >= 15 is 0 Å². The van der Waals surface area contributed by atoms with Crippen LogP contribution in [0.2, 0.25) is 0 Å². The molecule has 2 aromatic rings. The van der Waals surface area contributed by atoms with Crippen LogP contribution in [0.1, 0.15) is 50.8 Å². The lowest BCUT2D eigenvalue weighted by Gasteiger charge is -2.43. The van der Waals surface area contributed by atoms with E-state index in [0.717, 1.165) is 48.7 Å². The van der Waals surface area contributed by atoms with Crippen molar-refractivity contribution in [2.45, 2.75) is 64.0 Å². The highest BCUT2D eigenvalue weighted by molar-refractivity contribution is 5.92. The molecule has 0 spiro atoms. The molecule has 3 N–H and O–H groups in total. The highest BCUT2D eigenvalue weighted by Gasteiger charge is 2.40. The minimum absolute atomic E-state index is 0.0956. The average Bonchev–Trinajstić information content (AvgIpc) is 3.12. The second-order valence-electron chi connectivity index (χ2n) is 8.81. The molecule has 148 valence electrons. The fourth-order valence-corrected chi connectivity index (χ4v) is 5.47. The Morgan fingerprint density at radius 1 is 1.04 bits per heavy atom. The zero-order chi connectivity index (χ0) is 19.1. The van der Waals surface area contributed by atoms with Crippen LogP contribution in [-0.2, 0) is 17.8 Å². The maximum atomic E-state index is 12.8. The molecule has 0 radical (unpaired) electrons. The van der Waals surface area contributed by atoms with Crippen LogP contribution >= 0.6 is 0 Å². The molecule has 2 heterocycles. The van der Waals surface area contributed by atoms with Crippen molar-refractivity contribution in [1.82, 2.24) is 14.8 Å². The third kappa shape index (κ3) is 3.24. The van der Waals surface area contributed by atoms with Crippen molar-refractivity contribution in [3.8, 4) is 11.4 Å². The summed E-state index contributed by atoms with van der Waals surface area (Å²) in [5, 5.41) is 11.8. The van der Waals surface area contributed by atoms with Crippen molar-refractivity contribution in [3.63, 3.8) is 0 Å². The van der Waals surface area contributed by atoms with Crippen molar-refractivity contribution in [2.24, 2.45) is 23.5 Å². The van der Waals surface area contributed by atoms with E-state index in [2.05, 4.69) is 20.1 Å². The molecule has 2 saturated carbocycles. The predicted molar refractivity (Wildman–Crippen MR) is 109 cm³/mol. The van der Waals surface area contributed by atoms with E-state index in [1.165, 1.54) is 32.1 Å². The number of nitrogens with two attached hydrogens (primary N) is 1. The number of carbonyl (C=O) groups excluding carboxylic acids is 1. The number of hydrogen-bond donors (Lipinski definition) is 2. The van der Waals surface area contributed by atoms with E-state index in [4.69, 9.17) is 5.73 Å². The summed E-state index contributed by atoms with van der Waals surface area (Å²) >= 11 is 0. The Morgan fingerprint density at radius 2 is 1.79 bits per heavy atom. The van der Waals surface area contributed by atoms with Gasteiger partial charge in [0.25, 0.3) is 0 Å². The van der Waals surface area contributed by atoms with Gasteiger partial charge in [0.15, 0.2) is 5.82 Å². The van der Waals surface area contributed by atoms with E-state index in [0.29, 0.717) is 17.9 Å². The molecule has 3 aliphatic rings. The zero-order valence-corrected chi connectivity index (χ0v) is 16.3. The van der Waals surface area contributed by atoms with Crippen LogP contribution in [0.15, 0.2) is 24.3 Å². The molecular weight excluding hydrogens is 350 g/mol. The van der Waals surface area contributed by atoms with E-state index in [1.54, 1.807) is 0 Å². The third-order valence-corrected chi connectivity index (χ3v) is 7.05.